The fourth-order valence-corrected chi connectivity index (χ4v) is 3.21. The van der Waals surface area contributed by atoms with Crippen molar-refractivity contribution in [3.63, 3.8) is 0 Å². The maximum atomic E-state index is 5.73. The summed E-state index contributed by atoms with van der Waals surface area (Å²) in [4.78, 5) is 0. The molecule has 1 aromatic rings. The van der Waals surface area contributed by atoms with Gasteiger partial charge < -0.3 is 23.7 Å². The Labute approximate surface area is 197 Å². The first-order chi connectivity index (χ1) is 14.9. The van der Waals surface area contributed by atoms with Crippen molar-refractivity contribution in [3.8, 4) is 5.75 Å². The lowest BCUT2D eigenvalue weighted by molar-refractivity contribution is -0.00308. The molecule has 0 heterocycles. The van der Waals surface area contributed by atoms with E-state index in [1.165, 1.54) is 44.1 Å². The summed E-state index contributed by atoms with van der Waals surface area (Å²) in [6.45, 7) is 7.73. The Bertz CT molecular complexity index is 469. The van der Waals surface area contributed by atoms with E-state index in [9.17, 15) is 0 Å². The molecule has 5 nitrogen and oxygen atoms in total. The summed E-state index contributed by atoms with van der Waals surface area (Å²) in [5.74, 6) is 0.904. The number of unbranched alkanes of at least 4 members (excludes halogenated alkanes) is 5. The third-order valence-electron chi connectivity index (χ3n) is 4.58. The van der Waals surface area contributed by atoms with E-state index in [2.05, 4.69) is 53.8 Å². The van der Waals surface area contributed by atoms with Crippen LogP contribution in [0.25, 0.3) is 0 Å². The van der Waals surface area contributed by atoms with Gasteiger partial charge in [-0.2, -0.15) is 0 Å². The van der Waals surface area contributed by atoms with E-state index in [0.29, 0.717) is 52.9 Å². The van der Waals surface area contributed by atoms with Crippen LogP contribution in [-0.4, -0.2) is 63.9 Å². The number of hydrogen-bond donors (Lipinski definition) is 0. The van der Waals surface area contributed by atoms with Gasteiger partial charge in [-0.3, -0.25) is 0 Å². The predicted molar refractivity (Wildman–Crippen MR) is 131 cm³/mol. The van der Waals surface area contributed by atoms with Crippen LogP contribution in [0.1, 0.15) is 51.0 Å². The van der Waals surface area contributed by atoms with Crippen LogP contribution in [0, 0.1) is 0 Å². The highest BCUT2D eigenvalue weighted by atomic mass is 127. The average Bonchev–Trinajstić information content (AvgIpc) is 2.77. The second-order valence-electron chi connectivity index (χ2n) is 7.15. The number of rotatable bonds is 22. The summed E-state index contributed by atoms with van der Waals surface area (Å²) in [6, 6.07) is 8.46. The van der Waals surface area contributed by atoms with Gasteiger partial charge in [-0.15, -0.1) is 0 Å². The lowest BCUT2D eigenvalue weighted by Gasteiger charge is -2.09. The fourth-order valence-electron chi connectivity index (χ4n) is 2.90. The third-order valence-corrected chi connectivity index (χ3v) is 5.02. The SMILES string of the molecule is CCCCCCCCc1ccc(OCCOCCOCCOCCOCCI)cc1. The van der Waals surface area contributed by atoms with Crippen LogP contribution in [0.5, 0.6) is 5.75 Å². The summed E-state index contributed by atoms with van der Waals surface area (Å²) in [5, 5.41) is 0. The zero-order valence-corrected chi connectivity index (χ0v) is 20.9. The topological polar surface area (TPSA) is 46.2 Å². The van der Waals surface area contributed by atoms with Crippen molar-refractivity contribution in [2.24, 2.45) is 0 Å². The minimum atomic E-state index is 0.553. The van der Waals surface area contributed by atoms with E-state index >= 15 is 0 Å². The minimum absolute atomic E-state index is 0.553. The van der Waals surface area contributed by atoms with Crippen LogP contribution < -0.4 is 4.74 Å². The average molecular weight is 536 g/mol. The predicted octanol–water partition coefficient (Wildman–Crippen LogP) is 5.47. The monoisotopic (exact) mass is 536 g/mol. The van der Waals surface area contributed by atoms with Crippen LogP contribution in [0.2, 0.25) is 0 Å². The molecule has 0 aliphatic heterocycles. The molecule has 0 saturated heterocycles. The van der Waals surface area contributed by atoms with E-state index in [1.807, 2.05) is 0 Å². The molecule has 0 fully saturated rings. The Morgan fingerprint density at radius 1 is 0.600 bits per heavy atom. The quantitative estimate of drug-likeness (QED) is 0.112. The molecule has 0 amide bonds. The third kappa shape index (κ3) is 17.3. The molecule has 174 valence electrons. The summed E-state index contributed by atoms with van der Waals surface area (Å²) in [5.41, 5.74) is 1.39. The molecule has 0 radical (unpaired) electrons. The van der Waals surface area contributed by atoms with Gasteiger partial charge in [-0.25, -0.2) is 0 Å². The Morgan fingerprint density at radius 2 is 1.10 bits per heavy atom. The Hall–Kier alpha value is -0.410. The molecular weight excluding hydrogens is 495 g/mol. The second-order valence-corrected chi connectivity index (χ2v) is 8.23. The lowest BCUT2D eigenvalue weighted by atomic mass is 10.0. The lowest BCUT2D eigenvalue weighted by Crippen LogP contribution is -2.14. The molecule has 0 spiro atoms. The molecule has 0 atom stereocenters. The van der Waals surface area contributed by atoms with E-state index in [1.54, 1.807) is 0 Å². The highest BCUT2D eigenvalue weighted by Crippen LogP contribution is 2.15. The Balaban J connectivity index is 1.87. The summed E-state index contributed by atoms with van der Waals surface area (Å²) >= 11 is 2.29. The first-order valence-corrected chi connectivity index (χ1v) is 13.0. The molecule has 0 unspecified atom stereocenters. The van der Waals surface area contributed by atoms with Gasteiger partial charge in [0.2, 0.25) is 0 Å². The summed E-state index contributed by atoms with van der Waals surface area (Å²) in [7, 11) is 0. The van der Waals surface area contributed by atoms with Gasteiger partial charge in [0, 0.05) is 4.43 Å². The molecule has 0 aliphatic carbocycles. The van der Waals surface area contributed by atoms with E-state index in [4.69, 9.17) is 23.7 Å². The van der Waals surface area contributed by atoms with Gasteiger partial charge in [-0.05, 0) is 30.5 Å². The van der Waals surface area contributed by atoms with Crippen molar-refractivity contribution in [2.45, 2.75) is 51.9 Å². The highest BCUT2D eigenvalue weighted by molar-refractivity contribution is 14.1. The normalized spacial score (nSPS) is 11.1. The molecule has 0 N–H and O–H groups in total. The molecular formula is C24H41IO5. The van der Waals surface area contributed by atoms with E-state index in [0.717, 1.165) is 23.2 Å². The zero-order valence-electron chi connectivity index (χ0n) is 18.7. The van der Waals surface area contributed by atoms with Crippen LogP contribution >= 0.6 is 22.6 Å². The molecule has 30 heavy (non-hydrogen) atoms. The molecule has 0 aromatic heterocycles. The van der Waals surface area contributed by atoms with Crippen LogP contribution in [0.15, 0.2) is 24.3 Å². The smallest absolute Gasteiger partial charge is 0.119 e. The number of aryl methyl sites for hydroxylation is 1. The minimum Gasteiger partial charge on any atom is -0.491 e. The molecule has 1 rings (SSSR count). The zero-order chi connectivity index (χ0) is 21.5. The van der Waals surface area contributed by atoms with E-state index in [-0.39, 0.29) is 0 Å². The van der Waals surface area contributed by atoms with Crippen molar-refractivity contribution in [3.05, 3.63) is 29.8 Å². The van der Waals surface area contributed by atoms with Gasteiger partial charge in [0.25, 0.3) is 0 Å². The maximum Gasteiger partial charge on any atom is 0.119 e. The first kappa shape index (κ1) is 27.6. The number of ether oxygens (including phenoxy) is 5. The number of halogens is 1. The Kier molecular flexibility index (Phi) is 20.1. The van der Waals surface area contributed by atoms with Crippen molar-refractivity contribution in [1.29, 1.82) is 0 Å². The molecule has 1 aromatic carbocycles. The molecule has 0 bridgehead atoms. The van der Waals surface area contributed by atoms with E-state index < -0.39 is 0 Å². The first-order valence-electron chi connectivity index (χ1n) is 11.5. The van der Waals surface area contributed by atoms with Crippen molar-refractivity contribution >= 4 is 22.6 Å². The second kappa shape index (κ2) is 21.8. The van der Waals surface area contributed by atoms with Crippen molar-refractivity contribution in [2.75, 3.05) is 63.9 Å². The number of benzene rings is 1. The van der Waals surface area contributed by atoms with Gasteiger partial charge in [0.15, 0.2) is 0 Å². The largest absolute Gasteiger partial charge is 0.491 e. The number of alkyl halides is 1. The van der Waals surface area contributed by atoms with Gasteiger partial charge in [0.05, 0.1) is 52.9 Å². The van der Waals surface area contributed by atoms with Crippen LogP contribution in [-0.2, 0) is 25.4 Å². The highest BCUT2D eigenvalue weighted by Gasteiger charge is 1.98. The molecule has 6 heteroatoms. The van der Waals surface area contributed by atoms with Gasteiger partial charge in [0.1, 0.15) is 12.4 Å². The standard InChI is InChI=1S/C24H41IO5/c1-2-3-4-5-6-7-8-23-9-11-24(12-10-23)30-22-21-29-20-19-28-18-17-27-16-15-26-14-13-25/h9-12H,2-8,13-22H2,1H3. The van der Waals surface area contributed by atoms with Gasteiger partial charge >= 0.3 is 0 Å². The summed E-state index contributed by atoms with van der Waals surface area (Å²) < 4.78 is 28.5. The van der Waals surface area contributed by atoms with Crippen molar-refractivity contribution in [1.82, 2.24) is 0 Å². The fraction of sp³-hybridized carbons (Fsp3) is 0.750. The van der Waals surface area contributed by atoms with Crippen LogP contribution in [0.4, 0.5) is 0 Å². The number of hydrogen-bond acceptors (Lipinski definition) is 5. The maximum absolute atomic E-state index is 5.73. The molecule has 0 aliphatic rings. The van der Waals surface area contributed by atoms with Crippen LogP contribution in [0.3, 0.4) is 0 Å². The summed E-state index contributed by atoms with van der Waals surface area (Å²) in [6.07, 6.45) is 9.19. The van der Waals surface area contributed by atoms with Gasteiger partial charge in [-0.1, -0.05) is 73.8 Å². The van der Waals surface area contributed by atoms with Crippen molar-refractivity contribution < 1.29 is 23.7 Å². The Morgan fingerprint density at radius 3 is 1.67 bits per heavy atom. The molecule has 0 saturated carbocycles.